The molecule has 0 radical (unpaired) electrons. The van der Waals surface area contributed by atoms with Crippen LogP contribution in [0, 0.1) is 17.3 Å². The van der Waals surface area contributed by atoms with E-state index >= 15 is 0 Å². The van der Waals surface area contributed by atoms with Crippen molar-refractivity contribution < 1.29 is 24.2 Å². The van der Waals surface area contributed by atoms with Crippen LogP contribution in [0.25, 0.3) is 0 Å². The summed E-state index contributed by atoms with van der Waals surface area (Å²) in [7, 11) is 0. The third-order valence-corrected chi connectivity index (χ3v) is 7.11. The molecular weight excluding hydrogens is 368 g/mol. The smallest absolute Gasteiger partial charge is 0.312 e. The molecule has 0 spiro atoms. The summed E-state index contributed by atoms with van der Waals surface area (Å²) in [5.41, 5.74) is 4.08. The summed E-state index contributed by atoms with van der Waals surface area (Å²) in [6, 6.07) is 1.54. The van der Waals surface area contributed by atoms with Gasteiger partial charge in [-0.25, -0.2) is 0 Å². The topological polar surface area (TPSA) is 119 Å². The molecule has 8 heteroatoms. The number of hydrogen-bond donors (Lipinski definition) is 3. The van der Waals surface area contributed by atoms with Gasteiger partial charge >= 0.3 is 5.97 Å². The van der Waals surface area contributed by atoms with Crippen molar-refractivity contribution in [3.63, 3.8) is 0 Å². The Hall–Kier alpha value is -1.93. The fourth-order valence-electron chi connectivity index (χ4n) is 5.61. The van der Waals surface area contributed by atoms with Crippen LogP contribution in [0.5, 0.6) is 0 Å². The number of esters is 1. The fourth-order valence-corrected chi connectivity index (χ4v) is 6.40. The molecule has 1 aromatic heterocycles. The Labute approximate surface area is 161 Å². The standard InChI is InChI=1S/C19H24N2O5S/c1-10(15(23)21-16-13(14(20)22)2-3-27-16)26-17(24)18-5-11-4-12(6-18)8-19(25,7-11)9-18/h2-3,10-12,25H,4-9H2,1H3,(H2,20,22)(H,21,23)/t10-,11+,12+,18?,19?/m0/s1. The number of nitrogens with one attached hydrogen (secondary N) is 1. The third kappa shape index (κ3) is 3.25. The van der Waals surface area contributed by atoms with E-state index in [1.54, 1.807) is 5.38 Å². The van der Waals surface area contributed by atoms with Crippen LogP contribution in [0.1, 0.15) is 55.8 Å². The van der Waals surface area contributed by atoms with Gasteiger partial charge in [0.15, 0.2) is 6.10 Å². The second-order valence-corrected chi connectivity index (χ2v) is 9.45. The molecule has 146 valence electrons. The molecule has 0 aliphatic heterocycles. The average molecular weight is 392 g/mol. The minimum absolute atomic E-state index is 0.232. The number of hydrogen-bond acceptors (Lipinski definition) is 6. The molecule has 0 unspecified atom stereocenters. The van der Waals surface area contributed by atoms with Crippen molar-refractivity contribution in [2.24, 2.45) is 23.0 Å². The Balaban J connectivity index is 1.43. The van der Waals surface area contributed by atoms with Crippen LogP contribution in [0.4, 0.5) is 5.00 Å². The lowest BCUT2D eigenvalue weighted by Gasteiger charge is -2.58. The van der Waals surface area contributed by atoms with E-state index in [9.17, 15) is 19.5 Å². The highest BCUT2D eigenvalue weighted by Crippen LogP contribution is 2.62. The van der Waals surface area contributed by atoms with Crippen LogP contribution >= 0.6 is 11.3 Å². The van der Waals surface area contributed by atoms with Crippen molar-refractivity contribution >= 4 is 34.1 Å². The summed E-state index contributed by atoms with van der Waals surface area (Å²) in [5.74, 6) is -0.803. The lowest BCUT2D eigenvalue weighted by molar-refractivity contribution is -0.199. The first-order chi connectivity index (χ1) is 12.7. The lowest BCUT2D eigenvalue weighted by Crippen LogP contribution is -2.59. The zero-order chi connectivity index (χ0) is 19.4. The Bertz CT molecular complexity index is 790. The number of carbonyl (C=O) groups is 3. The van der Waals surface area contributed by atoms with Gasteiger partial charge in [0, 0.05) is 0 Å². The van der Waals surface area contributed by atoms with Gasteiger partial charge in [-0.05, 0) is 68.7 Å². The lowest BCUT2D eigenvalue weighted by atomic mass is 9.48. The second kappa shape index (κ2) is 6.31. The number of aliphatic hydroxyl groups is 1. The van der Waals surface area contributed by atoms with Gasteiger partial charge in [-0.2, -0.15) is 0 Å². The number of anilines is 1. The summed E-state index contributed by atoms with van der Waals surface area (Å²) >= 11 is 1.18. The molecule has 4 bridgehead atoms. The number of rotatable bonds is 5. The predicted octanol–water partition coefficient (Wildman–Crippen LogP) is 2.05. The van der Waals surface area contributed by atoms with Crippen LogP contribution < -0.4 is 11.1 Å². The molecule has 4 aliphatic carbocycles. The van der Waals surface area contributed by atoms with Crippen LogP contribution in [-0.4, -0.2) is 34.6 Å². The van der Waals surface area contributed by atoms with Crippen LogP contribution in [0.3, 0.4) is 0 Å². The van der Waals surface area contributed by atoms with Gasteiger partial charge in [0.05, 0.1) is 16.6 Å². The highest BCUT2D eigenvalue weighted by molar-refractivity contribution is 7.14. The van der Waals surface area contributed by atoms with Crippen molar-refractivity contribution in [1.29, 1.82) is 0 Å². The SMILES string of the molecule is C[C@H](OC(=O)C12C[C@H]3C[C@@H](CC(O)(C3)C1)C2)C(=O)Nc1sccc1C(N)=O. The molecule has 0 aromatic carbocycles. The summed E-state index contributed by atoms with van der Waals surface area (Å²) in [6.07, 6.45) is 3.50. The van der Waals surface area contributed by atoms with E-state index in [1.807, 2.05) is 0 Å². The Kier molecular flexibility index (Phi) is 4.31. The van der Waals surface area contributed by atoms with Gasteiger partial charge < -0.3 is 20.9 Å². The van der Waals surface area contributed by atoms with Gasteiger partial charge in [0.2, 0.25) is 0 Å². The van der Waals surface area contributed by atoms with E-state index in [-0.39, 0.29) is 11.5 Å². The molecule has 4 saturated carbocycles. The number of thiophene rings is 1. The maximum absolute atomic E-state index is 12.9. The molecule has 7 nitrogen and oxygen atoms in total. The second-order valence-electron chi connectivity index (χ2n) is 8.53. The Morgan fingerprint density at radius 2 is 1.96 bits per heavy atom. The molecule has 27 heavy (non-hydrogen) atoms. The van der Waals surface area contributed by atoms with Crippen molar-refractivity contribution in [2.75, 3.05) is 5.32 Å². The van der Waals surface area contributed by atoms with Gasteiger partial charge in [-0.15, -0.1) is 11.3 Å². The van der Waals surface area contributed by atoms with Gasteiger partial charge in [0.1, 0.15) is 5.00 Å². The average Bonchev–Trinajstić information content (AvgIpc) is 3.00. The molecular formula is C19H24N2O5S. The molecule has 3 atom stereocenters. The van der Waals surface area contributed by atoms with Crippen molar-refractivity contribution in [2.45, 2.75) is 57.2 Å². The highest BCUT2D eigenvalue weighted by Gasteiger charge is 2.61. The molecule has 4 N–H and O–H groups in total. The van der Waals surface area contributed by atoms with Crippen molar-refractivity contribution in [1.82, 2.24) is 0 Å². The maximum atomic E-state index is 12.9. The van der Waals surface area contributed by atoms with E-state index in [0.29, 0.717) is 23.3 Å². The Morgan fingerprint density at radius 1 is 1.30 bits per heavy atom. The van der Waals surface area contributed by atoms with Crippen LogP contribution in [0.15, 0.2) is 11.4 Å². The molecule has 4 aliphatic rings. The van der Waals surface area contributed by atoms with Gasteiger partial charge in [-0.3, -0.25) is 14.4 Å². The number of carbonyl (C=O) groups excluding carboxylic acids is 3. The van der Waals surface area contributed by atoms with Gasteiger partial charge in [0.25, 0.3) is 11.8 Å². The van der Waals surface area contributed by atoms with Crippen molar-refractivity contribution in [3.05, 3.63) is 17.0 Å². The molecule has 1 aromatic rings. The van der Waals surface area contributed by atoms with E-state index in [2.05, 4.69) is 5.32 Å². The Morgan fingerprint density at radius 3 is 2.56 bits per heavy atom. The van der Waals surface area contributed by atoms with E-state index < -0.39 is 28.9 Å². The monoisotopic (exact) mass is 392 g/mol. The minimum Gasteiger partial charge on any atom is -0.452 e. The number of primary amides is 1. The minimum atomic E-state index is -0.997. The first-order valence-electron chi connectivity index (χ1n) is 9.31. The third-order valence-electron chi connectivity index (χ3n) is 6.28. The quantitative estimate of drug-likeness (QED) is 0.663. The van der Waals surface area contributed by atoms with E-state index in [0.717, 1.165) is 32.1 Å². The van der Waals surface area contributed by atoms with Crippen LogP contribution in [0.2, 0.25) is 0 Å². The largest absolute Gasteiger partial charge is 0.452 e. The van der Waals surface area contributed by atoms with Gasteiger partial charge in [-0.1, -0.05) is 0 Å². The number of nitrogens with two attached hydrogens (primary N) is 1. The first kappa shape index (κ1) is 18.4. The first-order valence-corrected chi connectivity index (χ1v) is 10.2. The summed E-state index contributed by atoms with van der Waals surface area (Å²) in [4.78, 5) is 36.7. The number of amides is 2. The maximum Gasteiger partial charge on any atom is 0.312 e. The summed E-state index contributed by atoms with van der Waals surface area (Å²) in [6.45, 7) is 1.51. The molecule has 2 amide bonds. The molecule has 0 saturated heterocycles. The zero-order valence-electron chi connectivity index (χ0n) is 15.2. The summed E-state index contributed by atoms with van der Waals surface area (Å²) in [5, 5.41) is 15.4. The van der Waals surface area contributed by atoms with E-state index in [1.165, 1.54) is 24.3 Å². The number of ether oxygens (including phenoxy) is 1. The summed E-state index contributed by atoms with van der Waals surface area (Å²) < 4.78 is 5.52. The van der Waals surface area contributed by atoms with Crippen LogP contribution in [-0.2, 0) is 14.3 Å². The predicted molar refractivity (Wildman–Crippen MR) is 99.1 cm³/mol. The normalized spacial score (nSPS) is 34.9. The van der Waals surface area contributed by atoms with Crippen molar-refractivity contribution in [3.8, 4) is 0 Å². The molecule has 1 heterocycles. The zero-order valence-corrected chi connectivity index (χ0v) is 16.0. The van der Waals surface area contributed by atoms with E-state index in [4.69, 9.17) is 10.5 Å². The molecule has 5 rings (SSSR count). The highest BCUT2D eigenvalue weighted by atomic mass is 32.1. The fraction of sp³-hybridized carbons (Fsp3) is 0.632. The molecule has 4 fully saturated rings.